The highest BCUT2D eigenvalue weighted by Gasteiger charge is 2.13. The molecular formula is C17H19N5O3S. The molecule has 0 saturated carbocycles. The Morgan fingerprint density at radius 2 is 2.04 bits per heavy atom. The van der Waals surface area contributed by atoms with Crippen LogP contribution in [0.25, 0.3) is 11.4 Å². The summed E-state index contributed by atoms with van der Waals surface area (Å²) in [5.41, 5.74) is 0.820. The number of aryl methyl sites for hydroxylation is 1. The molecular weight excluding hydrogens is 354 g/mol. The number of methoxy groups -OCH3 is 1. The summed E-state index contributed by atoms with van der Waals surface area (Å²) in [7, 11) is 1.61. The molecule has 1 aromatic carbocycles. The third kappa shape index (κ3) is 4.42. The van der Waals surface area contributed by atoms with Crippen LogP contribution in [0.3, 0.4) is 0 Å². The van der Waals surface area contributed by atoms with Crippen LogP contribution in [0, 0.1) is 0 Å². The Hall–Kier alpha value is -2.81. The number of ether oxygens (including phenoxy) is 1. The molecule has 0 saturated heterocycles. The molecule has 0 radical (unpaired) electrons. The van der Waals surface area contributed by atoms with Gasteiger partial charge < -0.3 is 14.6 Å². The number of carbonyl (C=O) groups is 1. The first-order chi connectivity index (χ1) is 12.5. The van der Waals surface area contributed by atoms with Crippen LogP contribution in [0.5, 0.6) is 5.75 Å². The van der Waals surface area contributed by atoms with Gasteiger partial charge in [0.15, 0.2) is 0 Å². The fourth-order valence-corrected chi connectivity index (χ4v) is 2.90. The van der Waals surface area contributed by atoms with Crippen LogP contribution in [0.15, 0.2) is 28.8 Å². The molecule has 0 aliphatic heterocycles. The predicted octanol–water partition coefficient (Wildman–Crippen LogP) is 3.29. The quantitative estimate of drug-likeness (QED) is 0.678. The number of aromatic nitrogens is 4. The van der Waals surface area contributed by atoms with Crippen molar-refractivity contribution in [2.24, 2.45) is 0 Å². The van der Waals surface area contributed by atoms with Crippen LogP contribution in [-0.4, -0.2) is 33.4 Å². The van der Waals surface area contributed by atoms with Crippen LogP contribution in [0.4, 0.5) is 5.13 Å². The first-order valence-electron chi connectivity index (χ1n) is 8.15. The smallest absolute Gasteiger partial charge is 0.227 e. The number of benzene rings is 1. The molecule has 1 N–H and O–H groups in total. The number of hydrogen-bond acceptors (Lipinski definition) is 8. The Morgan fingerprint density at radius 1 is 1.27 bits per heavy atom. The van der Waals surface area contributed by atoms with Crippen LogP contribution in [0.1, 0.15) is 37.1 Å². The average molecular weight is 373 g/mol. The van der Waals surface area contributed by atoms with Gasteiger partial charge in [-0.25, -0.2) is 0 Å². The molecule has 0 spiro atoms. The van der Waals surface area contributed by atoms with E-state index in [4.69, 9.17) is 9.26 Å². The molecule has 0 unspecified atom stereocenters. The summed E-state index contributed by atoms with van der Waals surface area (Å²) in [5.74, 6) is 1.76. The number of rotatable bonds is 7. The average Bonchev–Trinajstić information content (AvgIpc) is 3.29. The lowest BCUT2D eigenvalue weighted by Crippen LogP contribution is -2.12. The summed E-state index contributed by atoms with van der Waals surface area (Å²) in [4.78, 5) is 16.4. The third-order valence-corrected chi connectivity index (χ3v) is 4.70. The molecule has 3 aromatic rings. The summed E-state index contributed by atoms with van der Waals surface area (Å²) in [5, 5.41) is 16.1. The lowest BCUT2D eigenvalue weighted by Gasteiger charge is -1.99. The van der Waals surface area contributed by atoms with Crippen LogP contribution < -0.4 is 10.1 Å². The molecule has 0 atom stereocenters. The van der Waals surface area contributed by atoms with E-state index in [0.717, 1.165) is 16.3 Å². The molecule has 8 nitrogen and oxygen atoms in total. The maximum absolute atomic E-state index is 12.0. The summed E-state index contributed by atoms with van der Waals surface area (Å²) in [6.45, 7) is 4.06. The second-order valence-electron chi connectivity index (χ2n) is 5.89. The summed E-state index contributed by atoms with van der Waals surface area (Å²) in [6.07, 6.45) is 0.575. The van der Waals surface area contributed by atoms with Gasteiger partial charge in [0.1, 0.15) is 10.8 Å². The van der Waals surface area contributed by atoms with Crippen LogP contribution in [0.2, 0.25) is 0 Å². The first-order valence-corrected chi connectivity index (χ1v) is 8.97. The van der Waals surface area contributed by atoms with Gasteiger partial charge in [-0.1, -0.05) is 30.3 Å². The minimum absolute atomic E-state index is 0.166. The number of nitrogens with zero attached hydrogens (tertiary/aromatic N) is 4. The van der Waals surface area contributed by atoms with Crippen LogP contribution in [-0.2, 0) is 11.2 Å². The zero-order valence-electron chi connectivity index (χ0n) is 14.7. The number of nitrogens with one attached hydrogen (secondary N) is 1. The molecule has 0 aliphatic rings. The molecule has 26 heavy (non-hydrogen) atoms. The predicted molar refractivity (Wildman–Crippen MR) is 97.2 cm³/mol. The molecule has 0 aliphatic carbocycles. The summed E-state index contributed by atoms with van der Waals surface area (Å²) in [6, 6.07) is 7.35. The second-order valence-corrected chi connectivity index (χ2v) is 6.90. The topological polar surface area (TPSA) is 103 Å². The zero-order valence-corrected chi connectivity index (χ0v) is 15.5. The summed E-state index contributed by atoms with van der Waals surface area (Å²) < 4.78 is 10.3. The Balaban J connectivity index is 1.54. The van der Waals surface area contributed by atoms with E-state index < -0.39 is 0 Å². The Bertz CT molecular complexity index is 873. The maximum Gasteiger partial charge on any atom is 0.227 e. The second kappa shape index (κ2) is 8.05. The standard InChI is InChI=1S/C17H19N5O3S/c1-10(2)16-20-21-17(26-16)18-13(23)8-9-14-19-15(22-25-14)11-4-6-12(24-3)7-5-11/h4-7,10H,8-9H2,1-3H3,(H,18,21,23). The van der Waals surface area contributed by atoms with E-state index in [1.807, 2.05) is 38.1 Å². The summed E-state index contributed by atoms with van der Waals surface area (Å²) >= 11 is 1.38. The molecule has 1 amide bonds. The minimum atomic E-state index is -0.166. The van der Waals surface area contributed by atoms with Gasteiger partial charge in [-0.2, -0.15) is 4.98 Å². The van der Waals surface area contributed by atoms with E-state index in [-0.39, 0.29) is 18.2 Å². The lowest BCUT2D eigenvalue weighted by atomic mass is 10.2. The molecule has 3 rings (SSSR count). The van der Waals surface area contributed by atoms with Gasteiger partial charge in [0, 0.05) is 24.3 Å². The van der Waals surface area contributed by atoms with Crippen molar-refractivity contribution >= 4 is 22.4 Å². The highest BCUT2D eigenvalue weighted by Crippen LogP contribution is 2.23. The highest BCUT2D eigenvalue weighted by molar-refractivity contribution is 7.15. The molecule has 136 valence electrons. The molecule has 0 bridgehead atoms. The van der Waals surface area contributed by atoms with Gasteiger partial charge in [0.05, 0.1) is 7.11 Å². The van der Waals surface area contributed by atoms with Crippen molar-refractivity contribution in [1.82, 2.24) is 20.3 Å². The van der Waals surface area contributed by atoms with Gasteiger partial charge in [-0.15, -0.1) is 10.2 Å². The fourth-order valence-electron chi connectivity index (χ4n) is 2.13. The fraction of sp³-hybridized carbons (Fsp3) is 0.353. The van der Waals surface area contributed by atoms with Gasteiger partial charge in [-0.05, 0) is 24.3 Å². The molecule has 2 aromatic heterocycles. The Labute approximate surface area is 154 Å². The SMILES string of the molecule is COc1ccc(-c2noc(CCC(=O)Nc3nnc(C(C)C)s3)n2)cc1. The molecule has 2 heterocycles. The van der Waals surface area contributed by atoms with Crippen molar-refractivity contribution < 1.29 is 14.1 Å². The molecule has 0 fully saturated rings. The number of anilines is 1. The van der Waals surface area contributed by atoms with Crippen molar-refractivity contribution in [2.75, 3.05) is 12.4 Å². The lowest BCUT2D eigenvalue weighted by molar-refractivity contribution is -0.116. The third-order valence-electron chi connectivity index (χ3n) is 3.56. The van der Waals surface area contributed by atoms with Gasteiger partial charge >= 0.3 is 0 Å². The van der Waals surface area contributed by atoms with Gasteiger partial charge in [0.25, 0.3) is 0 Å². The highest BCUT2D eigenvalue weighted by atomic mass is 32.1. The van der Waals surface area contributed by atoms with Gasteiger partial charge in [0.2, 0.25) is 22.8 Å². The van der Waals surface area contributed by atoms with E-state index in [0.29, 0.717) is 23.3 Å². The van der Waals surface area contributed by atoms with Crippen molar-refractivity contribution in [3.05, 3.63) is 35.2 Å². The number of amides is 1. The Morgan fingerprint density at radius 3 is 2.69 bits per heavy atom. The van der Waals surface area contributed by atoms with E-state index >= 15 is 0 Å². The number of hydrogen-bond donors (Lipinski definition) is 1. The van der Waals surface area contributed by atoms with Gasteiger partial charge in [-0.3, -0.25) is 4.79 Å². The van der Waals surface area contributed by atoms with Crippen molar-refractivity contribution in [1.29, 1.82) is 0 Å². The number of carbonyl (C=O) groups excluding carboxylic acids is 1. The van der Waals surface area contributed by atoms with Crippen molar-refractivity contribution in [2.45, 2.75) is 32.6 Å². The molecule has 9 heteroatoms. The van der Waals surface area contributed by atoms with Crippen molar-refractivity contribution in [3.63, 3.8) is 0 Å². The minimum Gasteiger partial charge on any atom is -0.497 e. The van der Waals surface area contributed by atoms with Crippen LogP contribution >= 0.6 is 11.3 Å². The zero-order chi connectivity index (χ0) is 18.5. The Kier molecular flexibility index (Phi) is 5.57. The first kappa shape index (κ1) is 18.0. The monoisotopic (exact) mass is 373 g/mol. The largest absolute Gasteiger partial charge is 0.497 e. The van der Waals surface area contributed by atoms with E-state index in [1.165, 1.54) is 11.3 Å². The van der Waals surface area contributed by atoms with E-state index in [1.54, 1.807) is 7.11 Å². The normalized spacial score (nSPS) is 10.9. The van der Waals surface area contributed by atoms with Crippen molar-refractivity contribution in [3.8, 4) is 17.1 Å². The maximum atomic E-state index is 12.0. The van der Waals surface area contributed by atoms with E-state index in [9.17, 15) is 4.79 Å². The van der Waals surface area contributed by atoms with E-state index in [2.05, 4.69) is 25.7 Å².